The third-order valence-electron chi connectivity index (χ3n) is 3.39. The molecule has 1 aliphatic rings. The van der Waals surface area contributed by atoms with E-state index in [1.807, 2.05) is 6.07 Å². The summed E-state index contributed by atoms with van der Waals surface area (Å²) in [5.41, 5.74) is 2.50. The minimum Gasteiger partial charge on any atom is -0.493 e. The second-order valence-corrected chi connectivity index (χ2v) is 5.08. The molecule has 106 valence electrons. The number of fused-ring (bicyclic) bond motifs is 1. The first-order valence-corrected chi connectivity index (χ1v) is 6.75. The molecule has 0 aliphatic carbocycles. The van der Waals surface area contributed by atoms with Crippen molar-refractivity contribution in [2.45, 2.75) is 32.4 Å². The van der Waals surface area contributed by atoms with Gasteiger partial charge in [0.15, 0.2) is 11.5 Å². The maximum atomic E-state index is 5.87. The standard InChI is InChI=1S/C15H23NO3/c1-10(2)16-9-15-12-8-14(18-4)13(17-3)7-11(12)5-6-19-15/h7-8,10,15-16H,5-6,9H2,1-4H3/t15-/m0/s1. The molecular weight excluding hydrogens is 242 g/mol. The average molecular weight is 265 g/mol. The molecule has 19 heavy (non-hydrogen) atoms. The van der Waals surface area contributed by atoms with E-state index in [1.165, 1.54) is 11.1 Å². The normalized spacial score (nSPS) is 18.3. The van der Waals surface area contributed by atoms with Crippen LogP contribution in [0.5, 0.6) is 11.5 Å². The van der Waals surface area contributed by atoms with Crippen LogP contribution in [0.2, 0.25) is 0 Å². The predicted octanol–water partition coefficient (Wildman–Crippen LogP) is 2.32. The van der Waals surface area contributed by atoms with Crippen LogP contribution in [0.3, 0.4) is 0 Å². The van der Waals surface area contributed by atoms with Crippen molar-refractivity contribution in [1.82, 2.24) is 5.32 Å². The zero-order chi connectivity index (χ0) is 13.8. The number of hydrogen-bond acceptors (Lipinski definition) is 4. The van der Waals surface area contributed by atoms with Crippen LogP contribution >= 0.6 is 0 Å². The van der Waals surface area contributed by atoms with Gasteiger partial charge in [-0.15, -0.1) is 0 Å². The Hall–Kier alpha value is -1.26. The lowest BCUT2D eigenvalue weighted by Crippen LogP contribution is -2.31. The molecule has 1 atom stereocenters. The fourth-order valence-corrected chi connectivity index (χ4v) is 2.37. The molecule has 0 saturated heterocycles. The second-order valence-electron chi connectivity index (χ2n) is 5.08. The quantitative estimate of drug-likeness (QED) is 0.887. The van der Waals surface area contributed by atoms with Gasteiger partial charge in [0.2, 0.25) is 0 Å². The smallest absolute Gasteiger partial charge is 0.161 e. The van der Waals surface area contributed by atoms with Crippen molar-refractivity contribution in [3.63, 3.8) is 0 Å². The van der Waals surface area contributed by atoms with E-state index in [1.54, 1.807) is 14.2 Å². The maximum Gasteiger partial charge on any atom is 0.161 e. The Morgan fingerprint density at radius 2 is 1.95 bits per heavy atom. The van der Waals surface area contributed by atoms with Crippen molar-refractivity contribution in [3.05, 3.63) is 23.3 Å². The Bertz CT molecular complexity index is 432. The van der Waals surface area contributed by atoms with E-state index < -0.39 is 0 Å². The van der Waals surface area contributed by atoms with E-state index in [9.17, 15) is 0 Å². The predicted molar refractivity (Wildman–Crippen MR) is 75.1 cm³/mol. The van der Waals surface area contributed by atoms with Crippen LogP contribution in [-0.2, 0) is 11.2 Å². The van der Waals surface area contributed by atoms with E-state index in [2.05, 4.69) is 25.2 Å². The Balaban J connectivity index is 2.27. The lowest BCUT2D eigenvalue weighted by Gasteiger charge is -2.28. The van der Waals surface area contributed by atoms with Gasteiger partial charge in [0.1, 0.15) is 0 Å². The Kier molecular flexibility index (Phi) is 4.66. The van der Waals surface area contributed by atoms with Crippen molar-refractivity contribution in [2.75, 3.05) is 27.4 Å². The Morgan fingerprint density at radius 3 is 2.58 bits per heavy atom. The summed E-state index contributed by atoms with van der Waals surface area (Å²) in [5.74, 6) is 1.56. The summed E-state index contributed by atoms with van der Waals surface area (Å²) in [6.45, 7) is 5.85. The van der Waals surface area contributed by atoms with Crippen LogP contribution in [0.25, 0.3) is 0 Å². The number of hydrogen-bond donors (Lipinski definition) is 1. The van der Waals surface area contributed by atoms with Gasteiger partial charge in [-0.25, -0.2) is 0 Å². The van der Waals surface area contributed by atoms with Gasteiger partial charge < -0.3 is 19.5 Å². The molecule has 4 nitrogen and oxygen atoms in total. The van der Waals surface area contributed by atoms with Gasteiger partial charge in [0.25, 0.3) is 0 Å². The maximum absolute atomic E-state index is 5.87. The third-order valence-corrected chi connectivity index (χ3v) is 3.39. The highest BCUT2D eigenvalue weighted by Crippen LogP contribution is 2.36. The van der Waals surface area contributed by atoms with E-state index in [4.69, 9.17) is 14.2 Å². The molecule has 0 saturated carbocycles. The van der Waals surface area contributed by atoms with E-state index >= 15 is 0 Å². The first kappa shape index (κ1) is 14.2. The second kappa shape index (κ2) is 6.26. The number of methoxy groups -OCH3 is 2. The first-order chi connectivity index (χ1) is 9.15. The van der Waals surface area contributed by atoms with Gasteiger partial charge in [-0.2, -0.15) is 0 Å². The largest absolute Gasteiger partial charge is 0.493 e. The van der Waals surface area contributed by atoms with E-state index in [0.29, 0.717) is 6.04 Å². The number of rotatable bonds is 5. The highest BCUT2D eigenvalue weighted by atomic mass is 16.5. The molecular formula is C15H23NO3. The van der Waals surface area contributed by atoms with Gasteiger partial charge in [-0.05, 0) is 29.7 Å². The van der Waals surface area contributed by atoms with Crippen molar-refractivity contribution in [3.8, 4) is 11.5 Å². The molecule has 2 rings (SSSR count). The number of benzene rings is 1. The fourth-order valence-electron chi connectivity index (χ4n) is 2.37. The van der Waals surface area contributed by atoms with Crippen LogP contribution in [0, 0.1) is 0 Å². The molecule has 0 fully saturated rings. The summed E-state index contributed by atoms with van der Waals surface area (Å²) in [6.07, 6.45) is 1.01. The minimum absolute atomic E-state index is 0.0888. The Morgan fingerprint density at radius 1 is 1.26 bits per heavy atom. The van der Waals surface area contributed by atoms with Gasteiger partial charge in [-0.3, -0.25) is 0 Å². The summed E-state index contributed by atoms with van der Waals surface area (Å²) in [7, 11) is 3.33. The molecule has 0 spiro atoms. The number of ether oxygens (including phenoxy) is 3. The summed E-state index contributed by atoms with van der Waals surface area (Å²) in [5, 5.41) is 3.43. The SMILES string of the molecule is COc1cc2c(cc1OC)[C@H](CNC(C)C)OCC2. The molecule has 0 amide bonds. The topological polar surface area (TPSA) is 39.7 Å². The zero-order valence-corrected chi connectivity index (χ0v) is 12.2. The molecule has 1 heterocycles. The van der Waals surface area contributed by atoms with Crippen LogP contribution in [0.1, 0.15) is 31.1 Å². The van der Waals surface area contributed by atoms with Crippen molar-refractivity contribution in [2.24, 2.45) is 0 Å². The van der Waals surface area contributed by atoms with Crippen molar-refractivity contribution in [1.29, 1.82) is 0 Å². The van der Waals surface area contributed by atoms with Crippen LogP contribution in [-0.4, -0.2) is 33.4 Å². The molecule has 0 bridgehead atoms. The van der Waals surface area contributed by atoms with Crippen LogP contribution < -0.4 is 14.8 Å². The highest BCUT2D eigenvalue weighted by molar-refractivity contribution is 5.49. The zero-order valence-electron chi connectivity index (χ0n) is 12.2. The molecule has 0 unspecified atom stereocenters. The summed E-state index contributed by atoms with van der Waals surface area (Å²) in [6, 6.07) is 4.56. The lowest BCUT2D eigenvalue weighted by atomic mass is 9.96. The average Bonchev–Trinajstić information content (AvgIpc) is 2.43. The highest BCUT2D eigenvalue weighted by Gasteiger charge is 2.23. The Labute approximate surface area is 115 Å². The molecule has 4 heteroatoms. The molecule has 1 N–H and O–H groups in total. The van der Waals surface area contributed by atoms with Crippen molar-refractivity contribution < 1.29 is 14.2 Å². The first-order valence-electron chi connectivity index (χ1n) is 6.75. The fraction of sp³-hybridized carbons (Fsp3) is 0.600. The molecule has 0 radical (unpaired) electrons. The monoisotopic (exact) mass is 265 g/mol. The van der Waals surface area contributed by atoms with E-state index in [0.717, 1.165) is 31.1 Å². The van der Waals surface area contributed by atoms with Gasteiger partial charge in [0, 0.05) is 12.6 Å². The van der Waals surface area contributed by atoms with Crippen LogP contribution in [0.15, 0.2) is 12.1 Å². The summed E-state index contributed by atoms with van der Waals surface area (Å²) in [4.78, 5) is 0. The summed E-state index contributed by atoms with van der Waals surface area (Å²) < 4.78 is 16.6. The molecule has 1 aliphatic heterocycles. The van der Waals surface area contributed by atoms with Crippen LogP contribution in [0.4, 0.5) is 0 Å². The molecule has 1 aromatic carbocycles. The minimum atomic E-state index is 0.0888. The van der Waals surface area contributed by atoms with Crippen molar-refractivity contribution >= 4 is 0 Å². The number of nitrogens with one attached hydrogen (secondary N) is 1. The molecule has 1 aromatic rings. The van der Waals surface area contributed by atoms with Gasteiger partial charge in [-0.1, -0.05) is 13.8 Å². The van der Waals surface area contributed by atoms with Gasteiger partial charge >= 0.3 is 0 Å². The van der Waals surface area contributed by atoms with E-state index in [-0.39, 0.29) is 6.10 Å². The van der Waals surface area contributed by atoms with Gasteiger partial charge in [0.05, 0.1) is 26.9 Å². The molecule has 0 aromatic heterocycles. The summed E-state index contributed by atoms with van der Waals surface area (Å²) >= 11 is 0. The third kappa shape index (κ3) is 3.19. The lowest BCUT2D eigenvalue weighted by molar-refractivity contribution is 0.0410.